The minimum atomic E-state index is 0.656. The molecule has 0 atom stereocenters. The number of nitrogens with one attached hydrogen (secondary N) is 1. The van der Waals surface area contributed by atoms with E-state index < -0.39 is 0 Å². The molecule has 0 saturated carbocycles. The summed E-state index contributed by atoms with van der Waals surface area (Å²) in [6.07, 6.45) is 25.4. The molecule has 0 saturated heterocycles. The van der Waals surface area contributed by atoms with Crippen molar-refractivity contribution in [3.05, 3.63) is 36.7 Å². The molecule has 244 valence electrons. The van der Waals surface area contributed by atoms with Crippen LogP contribution in [0.2, 0.25) is 0 Å². The lowest BCUT2D eigenvalue weighted by atomic mass is 10.0. The van der Waals surface area contributed by atoms with Gasteiger partial charge in [-0.25, -0.2) is 0 Å². The fourth-order valence-corrected chi connectivity index (χ4v) is 5.43. The molecule has 7 heteroatoms. The molecule has 0 bridgehead atoms. The van der Waals surface area contributed by atoms with Crippen LogP contribution in [0.1, 0.15) is 136 Å². The van der Waals surface area contributed by atoms with Gasteiger partial charge in [-0.15, -0.1) is 0 Å². The zero-order chi connectivity index (χ0) is 31.1. The van der Waals surface area contributed by atoms with E-state index in [1.54, 1.807) is 12.4 Å². The quantitative estimate of drug-likeness (QED) is 0.0915. The lowest BCUT2D eigenvalue weighted by molar-refractivity contribution is 0.234. The number of benzene rings is 1. The maximum absolute atomic E-state index is 6.50. The molecule has 44 heavy (non-hydrogen) atoms. The van der Waals surface area contributed by atoms with Crippen molar-refractivity contribution in [3.8, 4) is 39.8 Å². The lowest BCUT2D eigenvalue weighted by Crippen LogP contribution is -2.07. The van der Waals surface area contributed by atoms with Gasteiger partial charge in [0.15, 0.2) is 11.5 Å². The number of aromatic nitrogens is 4. The zero-order valence-electron chi connectivity index (χ0n) is 27.9. The smallest absolute Gasteiger partial charge is 0.203 e. The van der Waals surface area contributed by atoms with E-state index in [0.717, 1.165) is 53.3 Å². The zero-order valence-corrected chi connectivity index (χ0v) is 27.9. The summed E-state index contributed by atoms with van der Waals surface area (Å²) in [6.45, 7) is 8.73. The molecule has 1 N–H and O–H groups in total. The van der Waals surface area contributed by atoms with Gasteiger partial charge in [0.05, 0.1) is 31.7 Å². The van der Waals surface area contributed by atoms with Gasteiger partial charge in [0.25, 0.3) is 0 Å². The third kappa shape index (κ3) is 12.9. The standard InChI is InChI=1S/C37H58N4O3/c1-4-7-10-13-16-19-25-42-34-28-31(32-23-22-24-38-36(32)33-30-39-41-40-33)29-35(43-26-20-17-14-11-8-5-2)37(34)44-27-21-18-15-12-9-6-3/h22-24,28-30H,4-21,25-27H2,1-3H3,(H,39,40,41). The number of unbranched alkanes of at least 4 members (excludes halogenated alkanes) is 15. The maximum Gasteiger partial charge on any atom is 0.203 e. The predicted octanol–water partition coefficient (Wildman–Crippen LogP) is 10.8. The fraction of sp³-hybridized carbons (Fsp3) is 0.649. The molecular weight excluding hydrogens is 548 g/mol. The van der Waals surface area contributed by atoms with E-state index in [9.17, 15) is 0 Å². The van der Waals surface area contributed by atoms with Crippen molar-refractivity contribution in [2.75, 3.05) is 19.8 Å². The molecule has 7 nitrogen and oxygen atoms in total. The van der Waals surface area contributed by atoms with Gasteiger partial charge >= 0.3 is 0 Å². The second-order valence-electron chi connectivity index (χ2n) is 11.9. The fourth-order valence-electron chi connectivity index (χ4n) is 5.43. The number of rotatable bonds is 26. The summed E-state index contributed by atoms with van der Waals surface area (Å²) in [6, 6.07) is 8.20. The molecule has 0 radical (unpaired) electrons. The Morgan fingerprint density at radius 2 is 1.11 bits per heavy atom. The van der Waals surface area contributed by atoms with Crippen LogP contribution in [-0.2, 0) is 0 Å². The molecule has 0 amide bonds. The molecule has 3 rings (SSSR count). The van der Waals surface area contributed by atoms with Crippen LogP contribution in [0.5, 0.6) is 17.2 Å². The number of ether oxygens (including phenoxy) is 3. The van der Waals surface area contributed by atoms with Gasteiger partial charge in [0.1, 0.15) is 5.69 Å². The molecule has 3 aromatic rings. The average molecular weight is 607 g/mol. The first-order chi connectivity index (χ1) is 21.8. The Morgan fingerprint density at radius 1 is 0.614 bits per heavy atom. The normalized spacial score (nSPS) is 11.2. The van der Waals surface area contributed by atoms with Crippen molar-refractivity contribution in [3.63, 3.8) is 0 Å². The number of hydrogen-bond donors (Lipinski definition) is 1. The lowest BCUT2D eigenvalue weighted by Gasteiger charge is -2.19. The van der Waals surface area contributed by atoms with Gasteiger partial charge in [-0.3, -0.25) is 4.98 Å². The van der Waals surface area contributed by atoms with Crippen LogP contribution in [0.4, 0.5) is 0 Å². The van der Waals surface area contributed by atoms with Crippen LogP contribution in [0.15, 0.2) is 36.7 Å². The molecular formula is C37H58N4O3. The van der Waals surface area contributed by atoms with E-state index in [4.69, 9.17) is 14.2 Å². The largest absolute Gasteiger partial charge is 0.490 e. The monoisotopic (exact) mass is 606 g/mol. The minimum Gasteiger partial charge on any atom is -0.490 e. The highest BCUT2D eigenvalue weighted by molar-refractivity contribution is 5.81. The predicted molar refractivity (Wildman–Crippen MR) is 182 cm³/mol. The summed E-state index contributed by atoms with van der Waals surface area (Å²) in [5.41, 5.74) is 3.40. The number of hydrogen-bond acceptors (Lipinski definition) is 6. The van der Waals surface area contributed by atoms with E-state index >= 15 is 0 Å². The number of nitrogens with zero attached hydrogens (tertiary/aromatic N) is 3. The van der Waals surface area contributed by atoms with E-state index in [-0.39, 0.29) is 0 Å². The van der Waals surface area contributed by atoms with Gasteiger partial charge in [-0.05, 0) is 43.0 Å². The molecule has 1 aromatic carbocycles. The Labute approximate surface area is 266 Å². The van der Waals surface area contributed by atoms with Gasteiger partial charge in [0, 0.05) is 11.8 Å². The van der Waals surface area contributed by atoms with E-state index in [1.807, 2.05) is 6.07 Å². The molecule has 2 heterocycles. The van der Waals surface area contributed by atoms with Crippen molar-refractivity contribution in [1.29, 1.82) is 0 Å². The molecule has 2 aromatic heterocycles. The van der Waals surface area contributed by atoms with Crippen molar-refractivity contribution in [2.45, 2.75) is 136 Å². The number of pyridine rings is 1. The highest BCUT2D eigenvalue weighted by Gasteiger charge is 2.19. The van der Waals surface area contributed by atoms with Crippen molar-refractivity contribution >= 4 is 0 Å². The Bertz CT molecular complexity index is 1100. The van der Waals surface area contributed by atoms with Gasteiger partial charge in [0.2, 0.25) is 5.75 Å². The Balaban J connectivity index is 1.84. The molecule has 0 aliphatic carbocycles. The SMILES string of the molecule is CCCCCCCCOc1cc(-c2cccnc2-c2cn[nH]n2)cc(OCCCCCCCC)c1OCCCCCCCC. The van der Waals surface area contributed by atoms with Crippen molar-refractivity contribution in [2.24, 2.45) is 0 Å². The Hall–Kier alpha value is -3.09. The van der Waals surface area contributed by atoms with E-state index in [0.29, 0.717) is 25.5 Å². The topological polar surface area (TPSA) is 82.2 Å². The average Bonchev–Trinajstić information content (AvgIpc) is 3.59. The van der Waals surface area contributed by atoms with Crippen molar-refractivity contribution < 1.29 is 14.2 Å². The third-order valence-corrected chi connectivity index (χ3v) is 8.05. The minimum absolute atomic E-state index is 0.656. The van der Waals surface area contributed by atoms with Crippen molar-refractivity contribution in [1.82, 2.24) is 20.4 Å². The second-order valence-corrected chi connectivity index (χ2v) is 11.9. The molecule has 0 fully saturated rings. The van der Waals surface area contributed by atoms with E-state index in [1.165, 1.54) is 96.3 Å². The van der Waals surface area contributed by atoms with Crippen LogP contribution in [0.3, 0.4) is 0 Å². The molecule has 0 aliphatic heterocycles. The van der Waals surface area contributed by atoms with Crippen LogP contribution in [0.25, 0.3) is 22.5 Å². The summed E-state index contributed by atoms with van der Waals surface area (Å²) in [4.78, 5) is 4.66. The number of aromatic amines is 1. The summed E-state index contributed by atoms with van der Waals surface area (Å²) >= 11 is 0. The third-order valence-electron chi connectivity index (χ3n) is 8.05. The first-order valence-electron chi connectivity index (χ1n) is 17.7. The van der Waals surface area contributed by atoms with Gasteiger partial charge < -0.3 is 14.2 Å². The molecule has 0 spiro atoms. The first-order valence-corrected chi connectivity index (χ1v) is 17.7. The van der Waals surface area contributed by atoms with Crippen LogP contribution >= 0.6 is 0 Å². The highest BCUT2D eigenvalue weighted by Crippen LogP contribution is 2.43. The van der Waals surface area contributed by atoms with Gasteiger partial charge in [-0.1, -0.05) is 123 Å². The molecule has 0 unspecified atom stereocenters. The van der Waals surface area contributed by atoms with Crippen LogP contribution < -0.4 is 14.2 Å². The number of H-pyrrole nitrogens is 1. The summed E-state index contributed by atoms with van der Waals surface area (Å²) < 4.78 is 19.5. The first kappa shape index (κ1) is 35.4. The highest BCUT2D eigenvalue weighted by atomic mass is 16.5. The summed E-state index contributed by atoms with van der Waals surface area (Å²) in [5, 5.41) is 11.0. The maximum atomic E-state index is 6.50. The Kier molecular flexibility index (Phi) is 18.0. The second kappa shape index (κ2) is 22.4. The summed E-state index contributed by atoms with van der Waals surface area (Å²) in [5.74, 6) is 2.22. The summed E-state index contributed by atoms with van der Waals surface area (Å²) in [7, 11) is 0. The Morgan fingerprint density at radius 3 is 1.61 bits per heavy atom. The van der Waals surface area contributed by atoms with E-state index in [2.05, 4.69) is 59.4 Å². The van der Waals surface area contributed by atoms with Gasteiger partial charge in [-0.2, -0.15) is 15.4 Å². The van der Waals surface area contributed by atoms with Crippen LogP contribution in [-0.4, -0.2) is 40.2 Å². The van der Waals surface area contributed by atoms with Crippen LogP contribution in [0, 0.1) is 0 Å². The molecule has 0 aliphatic rings.